The Bertz CT molecular complexity index is 1060. The summed E-state index contributed by atoms with van der Waals surface area (Å²) in [5, 5.41) is 21.0. The minimum absolute atomic E-state index is 0.101. The van der Waals surface area contributed by atoms with E-state index in [1.54, 1.807) is 37.3 Å². The molecule has 0 atom stereocenters. The zero-order valence-corrected chi connectivity index (χ0v) is 15.7. The van der Waals surface area contributed by atoms with Crippen LogP contribution in [-0.4, -0.2) is 15.8 Å². The molecule has 146 valence electrons. The molecule has 3 aromatic carbocycles. The number of carbonyl (C=O) groups is 1. The van der Waals surface area contributed by atoms with E-state index in [4.69, 9.17) is 4.74 Å². The molecule has 1 N–H and O–H groups in total. The number of nitro benzene ring substituents is 1. The number of aryl methyl sites for hydroxylation is 1. The van der Waals surface area contributed by atoms with Crippen molar-refractivity contribution in [1.29, 1.82) is 0 Å². The highest BCUT2D eigenvalue weighted by atomic mass is 16.6. The third kappa shape index (κ3) is 5.07. The molecule has 0 aliphatic carbocycles. The summed E-state index contributed by atoms with van der Waals surface area (Å²) in [7, 11) is 0. The lowest BCUT2D eigenvalue weighted by Crippen LogP contribution is -1.99. The van der Waals surface area contributed by atoms with Crippen LogP contribution < -0.4 is 4.74 Å². The summed E-state index contributed by atoms with van der Waals surface area (Å²) in [6.45, 7) is 2.08. The van der Waals surface area contributed by atoms with E-state index in [2.05, 4.69) is 0 Å². The van der Waals surface area contributed by atoms with Crippen LogP contribution in [0, 0.1) is 17.0 Å². The van der Waals surface area contributed by atoms with E-state index in [1.807, 2.05) is 30.3 Å². The predicted molar refractivity (Wildman–Crippen MR) is 110 cm³/mol. The number of nitrogens with zero attached hydrogens (tertiary/aromatic N) is 1. The number of ketones is 1. The van der Waals surface area contributed by atoms with Crippen LogP contribution in [0.4, 0.5) is 5.69 Å². The molecule has 0 saturated carbocycles. The van der Waals surface area contributed by atoms with Gasteiger partial charge in [-0.25, -0.2) is 0 Å². The second-order valence-corrected chi connectivity index (χ2v) is 6.48. The fourth-order valence-corrected chi connectivity index (χ4v) is 2.76. The van der Waals surface area contributed by atoms with Gasteiger partial charge in [0, 0.05) is 6.07 Å². The minimum atomic E-state index is -0.711. The Hall–Kier alpha value is -3.93. The van der Waals surface area contributed by atoms with Crippen LogP contribution in [0.15, 0.2) is 72.8 Å². The summed E-state index contributed by atoms with van der Waals surface area (Å²) >= 11 is 0. The van der Waals surface area contributed by atoms with E-state index in [9.17, 15) is 20.0 Å². The van der Waals surface area contributed by atoms with Gasteiger partial charge in [0.25, 0.3) is 0 Å². The minimum Gasteiger partial charge on any atom is -0.502 e. The van der Waals surface area contributed by atoms with E-state index in [1.165, 1.54) is 18.2 Å². The Labute approximate surface area is 167 Å². The smallest absolute Gasteiger partial charge is 0.311 e. The maximum atomic E-state index is 12.4. The SMILES string of the molecule is Cc1cc(C(=O)C=Cc2ccc(OCc3ccccc3)cc2)c(O)c([N+](=O)[O-])c1. The van der Waals surface area contributed by atoms with E-state index >= 15 is 0 Å². The van der Waals surface area contributed by atoms with Gasteiger partial charge < -0.3 is 9.84 Å². The number of phenolic OH excluding ortho intramolecular Hbond substituents is 1. The normalized spacial score (nSPS) is 10.8. The molecule has 0 spiro atoms. The molecule has 0 amide bonds. The number of hydrogen-bond donors (Lipinski definition) is 1. The highest BCUT2D eigenvalue weighted by Crippen LogP contribution is 2.31. The average molecular weight is 389 g/mol. The zero-order chi connectivity index (χ0) is 20.8. The molecule has 0 heterocycles. The van der Waals surface area contributed by atoms with Crippen LogP contribution in [0.2, 0.25) is 0 Å². The van der Waals surface area contributed by atoms with Crippen molar-refractivity contribution in [3.05, 3.63) is 105 Å². The second kappa shape index (κ2) is 8.84. The largest absolute Gasteiger partial charge is 0.502 e. The van der Waals surface area contributed by atoms with Crippen molar-refractivity contribution in [2.24, 2.45) is 0 Å². The van der Waals surface area contributed by atoms with Gasteiger partial charge in [-0.2, -0.15) is 0 Å². The van der Waals surface area contributed by atoms with E-state index < -0.39 is 22.1 Å². The maximum Gasteiger partial charge on any atom is 0.311 e. The van der Waals surface area contributed by atoms with Gasteiger partial charge in [0.15, 0.2) is 5.78 Å². The van der Waals surface area contributed by atoms with Crippen molar-refractivity contribution in [2.75, 3.05) is 0 Å². The Morgan fingerprint density at radius 2 is 1.79 bits per heavy atom. The lowest BCUT2D eigenvalue weighted by Gasteiger charge is -2.06. The Kier molecular flexibility index (Phi) is 6.04. The van der Waals surface area contributed by atoms with Crippen molar-refractivity contribution in [3.8, 4) is 11.5 Å². The average Bonchev–Trinajstić information content (AvgIpc) is 2.73. The summed E-state index contributed by atoms with van der Waals surface area (Å²) in [4.78, 5) is 22.7. The van der Waals surface area contributed by atoms with Gasteiger partial charge in [0.1, 0.15) is 12.4 Å². The zero-order valence-electron chi connectivity index (χ0n) is 15.7. The van der Waals surface area contributed by atoms with Gasteiger partial charge in [-0.05, 0) is 47.9 Å². The molecule has 6 heteroatoms. The Balaban J connectivity index is 1.68. The Morgan fingerprint density at radius 1 is 1.10 bits per heavy atom. The first-order chi connectivity index (χ1) is 13.9. The molecule has 3 aromatic rings. The summed E-state index contributed by atoms with van der Waals surface area (Å²) < 4.78 is 5.72. The number of allylic oxidation sites excluding steroid dienone is 1. The molecule has 0 aliphatic rings. The van der Waals surface area contributed by atoms with Crippen LogP contribution in [0.5, 0.6) is 11.5 Å². The Morgan fingerprint density at radius 3 is 2.45 bits per heavy atom. The molecule has 6 nitrogen and oxygen atoms in total. The van der Waals surface area contributed by atoms with Crippen molar-refractivity contribution < 1.29 is 19.6 Å². The summed E-state index contributed by atoms with van der Waals surface area (Å²) in [6, 6.07) is 19.6. The molecule has 29 heavy (non-hydrogen) atoms. The number of aromatic hydroxyl groups is 1. The van der Waals surface area contributed by atoms with Crippen LogP contribution >= 0.6 is 0 Å². The number of benzene rings is 3. The van der Waals surface area contributed by atoms with E-state index in [0.717, 1.165) is 11.1 Å². The monoisotopic (exact) mass is 389 g/mol. The van der Waals surface area contributed by atoms with E-state index in [-0.39, 0.29) is 5.56 Å². The van der Waals surface area contributed by atoms with Crippen LogP contribution in [0.1, 0.15) is 27.0 Å². The maximum absolute atomic E-state index is 12.4. The number of ether oxygens (including phenoxy) is 1. The quantitative estimate of drug-likeness (QED) is 0.263. The number of phenols is 1. The van der Waals surface area contributed by atoms with Crippen molar-refractivity contribution in [2.45, 2.75) is 13.5 Å². The second-order valence-electron chi connectivity index (χ2n) is 6.48. The molecule has 0 fully saturated rings. The molecular weight excluding hydrogens is 370 g/mol. The number of nitro groups is 1. The molecule has 0 aliphatic heterocycles. The highest BCUT2D eigenvalue weighted by molar-refractivity contribution is 6.09. The summed E-state index contributed by atoms with van der Waals surface area (Å²) in [6.07, 6.45) is 2.86. The topological polar surface area (TPSA) is 89.7 Å². The highest BCUT2D eigenvalue weighted by Gasteiger charge is 2.21. The fraction of sp³-hybridized carbons (Fsp3) is 0.0870. The molecule has 0 saturated heterocycles. The third-order valence-corrected chi connectivity index (χ3v) is 4.25. The molecular formula is C23H19NO5. The van der Waals surface area contributed by atoms with Gasteiger partial charge in [-0.15, -0.1) is 0 Å². The molecule has 0 aromatic heterocycles. The van der Waals surface area contributed by atoms with Crippen LogP contribution in [0.3, 0.4) is 0 Å². The first-order valence-electron chi connectivity index (χ1n) is 8.91. The number of carbonyl (C=O) groups excluding carboxylic acids is 1. The van der Waals surface area contributed by atoms with Gasteiger partial charge >= 0.3 is 5.69 Å². The lowest BCUT2D eigenvalue weighted by molar-refractivity contribution is -0.385. The van der Waals surface area contributed by atoms with Gasteiger partial charge in [-0.1, -0.05) is 48.5 Å². The standard InChI is InChI=1S/C23H19NO5/c1-16-13-20(23(26)21(14-16)24(27)28)22(25)12-9-17-7-10-19(11-8-17)29-15-18-5-3-2-4-6-18/h2-14,26H,15H2,1H3. The fourth-order valence-electron chi connectivity index (χ4n) is 2.76. The summed E-state index contributed by atoms with van der Waals surface area (Å²) in [5.41, 5.74) is 1.75. The van der Waals surface area contributed by atoms with Gasteiger partial charge in [0.05, 0.1) is 10.5 Å². The molecule has 0 radical (unpaired) electrons. The van der Waals surface area contributed by atoms with Gasteiger partial charge in [0.2, 0.25) is 5.75 Å². The lowest BCUT2D eigenvalue weighted by atomic mass is 10.0. The number of hydrogen-bond acceptors (Lipinski definition) is 5. The predicted octanol–water partition coefficient (Wildman–Crippen LogP) is 5.08. The first-order valence-corrected chi connectivity index (χ1v) is 8.91. The molecule has 0 bridgehead atoms. The van der Waals surface area contributed by atoms with Crippen LogP contribution in [-0.2, 0) is 6.61 Å². The molecule has 3 rings (SSSR count). The third-order valence-electron chi connectivity index (χ3n) is 4.25. The van der Waals surface area contributed by atoms with Gasteiger partial charge in [-0.3, -0.25) is 14.9 Å². The van der Waals surface area contributed by atoms with Crippen molar-refractivity contribution in [3.63, 3.8) is 0 Å². The summed E-state index contributed by atoms with van der Waals surface area (Å²) in [5.74, 6) is -0.442. The molecule has 0 unspecified atom stereocenters. The van der Waals surface area contributed by atoms with Crippen molar-refractivity contribution in [1.82, 2.24) is 0 Å². The van der Waals surface area contributed by atoms with Crippen LogP contribution in [0.25, 0.3) is 6.08 Å². The van der Waals surface area contributed by atoms with E-state index in [0.29, 0.717) is 17.9 Å². The number of rotatable bonds is 7. The van der Waals surface area contributed by atoms with Crippen molar-refractivity contribution >= 4 is 17.5 Å². The first kappa shape index (κ1) is 19.8.